The van der Waals surface area contributed by atoms with Gasteiger partial charge in [-0.25, -0.2) is 4.39 Å². The summed E-state index contributed by atoms with van der Waals surface area (Å²) in [5, 5.41) is 3.04. The van der Waals surface area contributed by atoms with Crippen LogP contribution in [-0.4, -0.2) is 42.8 Å². The lowest BCUT2D eigenvalue weighted by atomic mass is 9.38. The lowest BCUT2D eigenvalue weighted by Gasteiger charge is -2.70. The van der Waals surface area contributed by atoms with Crippen LogP contribution in [0.1, 0.15) is 41.6 Å². The van der Waals surface area contributed by atoms with Crippen molar-refractivity contribution in [2.24, 2.45) is 5.41 Å². The maximum absolute atomic E-state index is 13.5. The molecule has 2 aromatic carbocycles. The second kappa shape index (κ2) is 8.24. The van der Waals surface area contributed by atoms with Gasteiger partial charge in [-0.15, -0.1) is 0 Å². The number of halogens is 2. The van der Waals surface area contributed by atoms with E-state index in [-0.39, 0.29) is 40.0 Å². The molecule has 5 nitrogen and oxygen atoms in total. The van der Waals surface area contributed by atoms with Gasteiger partial charge >= 0.3 is 0 Å². The van der Waals surface area contributed by atoms with Crippen molar-refractivity contribution in [2.75, 3.05) is 20.7 Å². The maximum atomic E-state index is 13.5. The molecule has 3 fully saturated rings. The monoisotopic (exact) mass is 444 g/mol. The first-order valence-electron chi connectivity index (χ1n) is 10.3. The zero-order valence-corrected chi connectivity index (χ0v) is 18.5. The van der Waals surface area contributed by atoms with Gasteiger partial charge in [0.25, 0.3) is 5.91 Å². The lowest BCUT2D eigenvalue weighted by molar-refractivity contribution is -0.164. The number of Topliss-reactive ketones (excluding diaryl/α,β-unsaturated/α-hetero) is 1. The lowest BCUT2D eigenvalue weighted by Crippen LogP contribution is -2.75. The second-order valence-corrected chi connectivity index (χ2v) is 9.63. The standard InChI is InChI=1S/C24H26ClFN2O3/c1-28(2)11-16-5-3-4-6-18(16)21(29)10-23-13-24(14-23,15-23)27-22(30)12-31-17-7-8-19(25)20(26)9-17/h3-9H,10-15H2,1-2H3,(H,27,30). The van der Waals surface area contributed by atoms with Crippen molar-refractivity contribution in [1.29, 1.82) is 0 Å². The van der Waals surface area contributed by atoms with Crippen molar-refractivity contribution in [2.45, 2.75) is 37.8 Å². The molecule has 0 aliphatic heterocycles. The van der Waals surface area contributed by atoms with Gasteiger partial charge in [-0.2, -0.15) is 0 Å². The third-order valence-corrected chi connectivity index (χ3v) is 6.45. The fraction of sp³-hybridized carbons (Fsp3) is 0.417. The molecule has 0 spiro atoms. The quantitative estimate of drug-likeness (QED) is 0.588. The van der Waals surface area contributed by atoms with E-state index in [4.69, 9.17) is 16.3 Å². The Morgan fingerprint density at radius 2 is 1.87 bits per heavy atom. The molecule has 0 atom stereocenters. The van der Waals surface area contributed by atoms with Gasteiger partial charge < -0.3 is 15.0 Å². The van der Waals surface area contributed by atoms with Crippen LogP contribution >= 0.6 is 11.6 Å². The molecule has 5 rings (SSSR count). The van der Waals surface area contributed by atoms with Gasteiger partial charge in [0, 0.05) is 30.1 Å². The van der Waals surface area contributed by atoms with E-state index in [1.807, 2.05) is 38.4 Å². The average molecular weight is 445 g/mol. The summed E-state index contributed by atoms with van der Waals surface area (Å²) in [6.45, 7) is 0.541. The van der Waals surface area contributed by atoms with Crippen molar-refractivity contribution in [3.05, 3.63) is 64.4 Å². The third-order valence-electron chi connectivity index (χ3n) is 6.15. The highest BCUT2D eigenvalue weighted by Crippen LogP contribution is 2.69. The van der Waals surface area contributed by atoms with Gasteiger partial charge in [0.15, 0.2) is 12.4 Å². The first-order chi connectivity index (χ1) is 14.7. The minimum absolute atomic E-state index is 0.00421. The zero-order chi connectivity index (χ0) is 22.2. The summed E-state index contributed by atoms with van der Waals surface area (Å²) in [6.07, 6.45) is 2.93. The van der Waals surface area contributed by atoms with Gasteiger partial charge in [-0.05, 0) is 56.5 Å². The number of carbonyl (C=O) groups is 2. The Hall–Kier alpha value is -2.44. The Morgan fingerprint density at radius 1 is 1.16 bits per heavy atom. The Labute approximate surface area is 186 Å². The summed E-state index contributed by atoms with van der Waals surface area (Å²) in [5.74, 6) is -0.401. The van der Waals surface area contributed by atoms with Crippen LogP contribution in [0.2, 0.25) is 5.02 Å². The summed E-state index contributed by atoms with van der Waals surface area (Å²) in [5.41, 5.74) is 1.61. The van der Waals surface area contributed by atoms with Crippen LogP contribution in [0.15, 0.2) is 42.5 Å². The molecule has 0 unspecified atom stereocenters. The van der Waals surface area contributed by atoms with Crippen LogP contribution in [0, 0.1) is 11.2 Å². The number of benzene rings is 2. The smallest absolute Gasteiger partial charge is 0.258 e. The van der Waals surface area contributed by atoms with Crippen LogP contribution in [0.25, 0.3) is 0 Å². The van der Waals surface area contributed by atoms with Crippen molar-refractivity contribution in [3.8, 4) is 5.75 Å². The highest BCUT2D eigenvalue weighted by Gasteiger charge is 2.68. The molecule has 0 aromatic heterocycles. The summed E-state index contributed by atoms with van der Waals surface area (Å²) < 4.78 is 18.8. The van der Waals surface area contributed by atoms with E-state index in [2.05, 4.69) is 10.2 Å². The number of rotatable bonds is 9. The van der Waals surface area contributed by atoms with Crippen molar-refractivity contribution < 1.29 is 18.7 Å². The molecular formula is C24H26ClFN2O3. The van der Waals surface area contributed by atoms with Gasteiger partial charge in [0.2, 0.25) is 0 Å². The molecule has 164 valence electrons. The van der Waals surface area contributed by atoms with E-state index >= 15 is 0 Å². The molecule has 0 saturated heterocycles. The fourth-order valence-corrected chi connectivity index (χ4v) is 5.19. The molecule has 2 aromatic rings. The number of hydrogen-bond acceptors (Lipinski definition) is 4. The highest BCUT2D eigenvalue weighted by molar-refractivity contribution is 6.30. The molecule has 0 heterocycles. The van der Waals surface area contributed by atoms with Crippen LogP contribution in [0.3, 0.4) is 0 Å². The minimum Gasteiger partial charge on any atom is -0.484 e. The Morgan fingerprint density at radius 3 is 2.55 bits per heavy atom. The van der Waals surface area contributed by atoms with E-state index < -0.39 is 5.82 Å². The molecule has 1 N–H and O–H groups in total. The largest absolute Gasteiger partial charge is 0.484 e. The van der Waals surface area contributed by atoms with Gasteiger partial charge in [0.1, 0.15) is 11.6 Å². The maximum Gasteiger partial charge on any atom is 0.258 e. The van der Waals surface area contributed by atoms with Crippen LogP contribution < -0.4 is 10.1 Å². The van der Waals surface area contributed by atoms with E-state index in [1.165, 1.54) is 12.1 Å². The molecule has 1 amide bonds. The number of ether oxygens (including phenoxy) is 1. The number of hydrogen-bond donors (Lipinski definition) is 1. The number of nitrogens with zero attached hydrogens (tertiary/aromatic N) is 1. The second-order valence-electron chi connectivity index (χ2n) is 9.22. The average Bonchev–Trinajstić information content (AvgIpc) is 2.66. The van der Waals surface area contributed by atoms with Crippen LogP contribution in [0.4, 0.5) is 4.39 Å². The van der Waals surface area contributed by atoms with Crippen molar-refractivity contribution in [1.82, 2.24) is 10.2 Å². The molecule has 2 bridgehead atoms. The zero-order valence-electron chi connectivity index (χ0n) is 17.7. The molecule has 3 saturated carbocycles. The normalized spacial score (nSPS) is 23.6. The fourth-order valence-electron chi connectivity index (χ4n) is 5.07. The summed E-state index contributed by atoms with van der Waals surface area (Å²) in [7, 11) is 3.98. The number of amides is 1. The predicted octanol–water partition coefficient (Wildman–Crippen LogP) is 4.23. The summed E-state index contributed by atoms with van der Waals surface area (Å²) in [4.78, 5) is 27.3. The predicted molar refractivity (Wildman–Crippen MR) is 117 cm³/mol. The number of ketones is 1. The third kappa shape index (κ3) is 4.60. The van der Waals surface area contributed by atoms with E-state index in [9.17, 15) is 14.0 Å². The molecule has 31 heavy (non-hydrogen) atoms. The molecule has 3 aliphatic rings. The Balaban J connectivity index is 1.26. The van der Waals surface area contributed by atoms with E-state index in [0.717, 1.165) is 43.0 Å². The topological polar surface area (TPSA) is 58.6 Å². The first-order valence-corrected chi connectivity index (χ1v) is 10.7. The number of nitrogens with one attached hydrogen (secondary N) is 1. The van der Waals surface area contributed by atoms with Crippen molar-refractivity contribution in [3.63, 3.8) is 0 Å². The van der Waals surface area contributed by atoms with Crippen LogP contribution in [-0.2, 0) is 11.3 Å². The Bertz CT molecular complexity index is 1000. The van der Waals surface area contributed by atoms with Gasteiger partial charge in [-0.1, -0.05) is 35.9 Å². The highest BCUT2D eigenvalue weighted by atomic mass is 35.5. The van der Waals surface area contributed by atoms with Gasteiger partial charge in [-0.3, -0.25) is 9.59 Å². The molecule has 0 radical (unpaired) electrons. The molecule has 3 aliphatic carbocycles. The SMILES string of the molecule is CN(C)Cc1ccccc1C(=O)CC12CC(NC(=O)COc3ccc(Cl)c(F)c3)(C1)C2. The first kappa shape index (κ1) is 21.8. The van der Waals surface area contributed by atoms with E-state index in [1.54, 1.807) is 0 Å². The summed E-state index contributed by atoms with van der Waals surface area (Å²) in [6, 6.07) is 11.8. The van der Waals surface area contributed by atoms with E-state index in [0.29, 0.717) is 6.42 Å². The van der Waals surface area contributed by atoms with Crippen molar-refractivity contribution >= 4 is 23.3 Å². The minimum atomic E-state index is -0.585. The van der Waals surface area contributed by atoms with Crippen LogP contribution in [0.5, 0.6) is 5.75 Å². The number of carbonyl (C=O) groups excluding carboxylic acids is 2. The molecule has 7 heteroatoms. The Kier molecular flexibility index (Phi) is 5.79. The molecular weight excluding hydrogens is 419 g/mol. The van der Waals surface area contributed by atoms with Gasteiger partial charge in [0.05, 0.1) is 5.02 Å². The summed E-state index contributed by atoms with van der Waals surface area (Å²) >= 11 is 5.65.